The van der Waals surface area contributed by atoms with E-state index in [0.29, 0.717) is 6.42 Å². The molecule has 65 heavy (non-hydrogen) atoms. The summed E-state index contributed by atoms with van der Waals surface area (Å²) in [7, 11) is 5.19. The van der Waals surface area contributed by atoms with E-state index in [0.717, 1.165) is 6.92 Å². The smallest absolute Gasteiger partial charge is 0.332 e. The third kappa shape index (κ3) is 14.0. The number of carbonyl (C=O) groups excluding carboxylic acids is 5. The number of rotatable bonds is 20. The van der Waals surface area contributed by atoms with E-state index in [9.17, 15) is 34.2 Å². The molecule has 0 aromatic carbocycles. The maximum atomic E-state index is 14.7. The number of likely N-dealkylation sites (N-methyl/N-ethyl adjacent to an activating group) is 1. The largest absolute Gasteiger partial charge is 0.469 e. The van der Waals surface area contributed by atoms with Crippen LogP contribution in [0.2, 0.25) is 0 Å². The molecule has 3 heterocycles. The van der Waals surface area contributed by atoms with Gasteiger partial charge in [0.05, 0.1) is 41.9 Å². The Balaban J connectivity index is 2.23. The number of oxime groups is 1. The maximum Gasteiger partial charge on any atom is 0.332 e. The zero-order valence-corrected chi connectivity index (χ0v) is 41.4. The van der Waals surface area contributed by atoms with Crippen LogP contribution in [0.15, 0.2) is 5.16 Å². The zero-order valence-electron chi connectivity index (χ0n) is 41.4. The molecule has 0 unspecified atom stereocenters. The number of nitrogens with one attached hydrogen (secondary N) is 1. The molecule has 0 spiro atoms. The Morgan fingerprint density at radius 3 is 2.11 bits per heavy atom. The minimum atomic E-state index is -2.02. The van der Waals surface area contributed by atoms with E-state index in [2.05, 4.69) is 10.5 Å². The average molecular weight is 932 g/mol. The van der Waals surface area contributed by atoms with Gasteiger partial charge in [0.15, 0.2) is 24.8 Å². The second-order valence-electron chi connectivity index (χ2n) is 19.0. The molecule has 20 heteroatoms. The van der Waals surface area contributed by atoms with Gasteiger partial charge in [-0.05, 0) is 80.6 Å². The topological polar surface area (TPSA) is 246 Å². The lowest BCUT2D eigenvalue weighted by atomic mass is 9.79. The second kappa shape index (κ2) is 23.0. The Kier molecular flexibility index (Phi) is 19.8. The molecule has 18 atom stereocenters. The summed E-state index contributed by atoms with van der Waals surface area (Å²) in [4.78, 5) is 70.5. The normalized spacial score (nSPS) is 34.1. The Hall–Kier alpha value is -3.50. The van der Waals surface area contributed by atoms with Gasteiger partial charge in [-0.2, -0.15) is 0 Å². The standard InChI is InChI=1S/C45H77N3O17/c1-18-33(45(14,55)39(60-30(10)51)26(6)46-28(8)49)61-41(54)25(5)35(62-34-21-43(12,56-17)37(53)27(7)58-34)24(4)38(44(13)20-22(2)40(64-44)47-65-31(11)52)63-42-36(59-29(9)50)32(48(15)16)19-23(3)57-42/h22-27,32-39,42,53,55H,18-21H2,1-17H3,(H,46,49)/b47-40+/t22-,23-,24+,25-,26+,27-,32-,33-,34-,35+,36-,37-,38-,39-,42+,43+,44+,45-/m1/s1. The van der Waals surface area contributed by atoms with E-state index >= 15 is 0 Å². The van der Waals surface area contributed by atoms with Crippen LogP contribution in [-0.2, 0) is 71.4 Å². The lowest BCUT2D eigenvalue weighted by molar-refractivity contribution is -0.316. The van der Waals surface area contributed by atoms with E-state index < -0.39 is 126 Å². The van der Waals surface area contributed by atoms with Crippen LogP contribution in [0, 0.1) is 17.8 Å². The first-order valence-corrected chi connectivity index (χ1v) is 22.5. The van der Waals surface area contributed by atoms with Gasteiger partial charge in [-0.1, -0.05) is 20.8 Å². The van der Waals surface area contributed by atoms with E-state index in [1.807, 2.05) is 32.8 Å². The molecule has 0 saturated carbocycles. The van der Waals surface area contributed by atoms with Gasteiger partial charge in [0.25, 0.3) is 0 Å². The highest BCUT2D eigenvalue weighted by atomic mass is 16.7. The fraction of sp³-hybridized carbons (Fsp3) is 0.867. The van der Waals surface area contributed by atoms with Gasteiger partial charge in [0.2, 0.25) is 11.8 Å². The molecule has 374 valence electrons. The van der Waals surface area contributed by atoms with Crippen LogP contribution in [0.3, 0.4) is 0 Å². The van der Waals surface area contributed by atoms with Gasteiger partial charge >= 0.3 is 23.9 Å². The van der Waals surface area contributed by atoms with Crippen molar-refractivity contribution in [3.05, 3.63) is 0 Å². The van der Waals surface area contributed by atoms with Gasteiger partial charge in [0, 0.05) is 59.5 Å². The number of aliphatic hydroxyl groups is 2. The Bertz CT molecular complexity index is 1680. The third-order valence-electron chi connectivity index (χ3n) is 12.8. The van der Waals surface area contributed by atoms with Crippen LogP contribution >= 0.6 is 0 Å². The molecule has 20 nitrogen and oxygen atoms in total. The maximum absolute atomic E-state index is 14.7. The Morgan fingerprint density at radius 2 is 1.58 bits per heavy atom. The monoisotopic (exact) mass is 932 g/mol. The van der Waals surface area contributed by atoms with Gasteiger partial charge in [0.1, 0.15) is 29.5 Å². The Morgan fingerprint density at radius 1 is 0.954 bits per heavy atom. The molecule has 0 aromatic rings. The predicted molar refractivity (Wildman–Crippen MR) is 233 cm³/mol. The average Bonchev–Trinajstić information content (AvgIpc) is 3.50. The van der Waals surface area contributed by atoms with E-state index in [-0.39, 0.29) is 37.3 Å². The van der Waals surface area contributed by atoms with Crippen molar-refractivity contribution in [2.24, 2.45) is 22.9 Å². The molecule has 3 aliphatic heterocycles. The number of carbonyl (C=O) groups is 5. The number of esters is 3. The SMILES string of the molecule is CC[C@@H](OC(=O)[C@H](C)[C@@H](O[C@@H]1C[C@](C)(OC)[C@H](O)[C@@H](C)O1)[C@H](C)[C@@H](O[C@@H]1O[C@H](C)C[C@@H](N(C)C)[C@H]1OC(C)=O)[C@]1(C)C[C@@H](C)/C(=N\OC(C)=O)O1)[C@@](C)(O)[C@H](OC(C)=O)[C@H](C)NC(C)=O. The minimum Gasteiger partial charge on any atom is -0.469 e. The van der Waals surface area contributed by atoms with Crippen molar-refractivity contribution in [2.75, 3.05) is 21.2 Å². The molecule has 0 radical (unpaired) electrons. The molecular formula is C45H77N3O17. The summed E-state index contributed by atoms with van der Waals surface area (Å²) in [6, 6.07) is -1.22. The van der Waals surface area contributed by atoms with Crippen LogP contribution in [0.1, 0.15) is 123 Å². The molecule has 0 aliphatic carbocycles. The van der Waals surface area contributed by atoms with Crippen molar-refractivity contribution in [2.45, 2.75) is 213 Å². The summed E-state index contributed by atoms with van der Waals surface area (Å²) in [5.41, 5.74) is -4.45. The quantitative estimate of drug-likeness (QED) is 0.0687. The first kappa shape index (κ1) is 55.8. The summed E-state index contributed by atoms with van der Waals surface area (Å²) in [6.07, 6.45) is -9.30. The van der Waals surface area contributed by atoms with E-state index in [4.69, 9.17) is 47.5 Å². The Labute approximate surface area is 383 Å². The zero-order chi connectivity index (χ0) is 49.5. The number of nitrogens with zero attached hydrogens (tertiary/aromatic N) is 2. The van der Waals surface area contributed by atoms with Crippen LogP contribution in [0.5, 0.6) is 0 Å². The van der Waals surface area contributed by atoms with Crippen molar-refractivity contribution in [1.29, 1.82) is 0 Å². The third-order valence-corrected chi connectivity index (χ3v) is 12.8. The van der Waals surface area contributed by atoms with Crippen LogP contribution in [0.4, 0.5) is 0 Å². The number of aliphatic hydroxyl groups excluding tert-OH is 1. The van der Waals surface area contributed by atoms with Crippen LogP contribution < -0.4 is 5.32 Å². The van der Waals surface area contributed by atoms with Crippen molar-refractivity contribution >= 4 is 35.7 Å². The number of methoxy groups -OCH3 is 1. The molecule has 3 rings (SSSR count). The summed E-state index contributed by atoms with van der Waals surface area (Å²) in [5.74, 6) is -5.52. The number of ether oxygens (including phenoxy) is 9. The van der Waals surface area contributed by atoms with Crippen LogP contribution in [-0.4, -0.2) is 162 Å². The van der Waals surface area contributed by atoms with Crippen LogP contribution in [0.25, 0.3) is 0 Å². The molecule has 3 aliphatic rings. The lowest BCUT2D eigenvalue weighted by Crippen LogP contribution is -2.61. The number of hydrogen-bond donors (Lipinski definition) is 3. The molecular weight excluding hydrogens is 854 g/mol. The van der Waals surface area contributed by atoms with Gasteiger partial charge in [-0.25, -0.2) is 4.79 Å². The fourth-order valence-electron chi connectivity index (χ4n) is 9.52. The minimum absolute atomic E-state index is 0.0369. The molecule has 3 fully saturated rings. The lowest BCUT2D eigenvalue weighted by Gasteiger charge is -2.49. The summed E-state index contributed by atoms with van der Waals surface area (Å²) >= 11 is 0. The van der Waals surface area contributed by atoms with E-state index in [1.54, 1.807) is 48.5 Å². The van der Waals surface area contributed by atoms with Crippen molar-refractivity contribution in [3.8, 4) is 0 Å². The molecule has 3 saturated heterocycles. The summed E-state index contributed by atoms with van der Waals surface area (Å²) in [6.45, 7) is 21.8. The summed E-state index contributed by atoms with van der Waals surface area (Å²) < 4.78 is 56.5. The number of hydrogen-bond acceptors (Lipinski definition) is 19. The molecule has 0 aromatic heterocycles. The molecule has 0 bridgehead atoms. The fourth-order valence-corrected chi connectivity index (χ4v) is 9.52. The second-order valence-corrected chi connectivity index (χ2v) is 19.0. The summed E-state index contributed by atoms with van der Waals surface area (Å²) in [5, 5.41) is 29.8. The van der Waals surface area contributed by atoms with Gasteiger partial charge in [-0.3, -0.25) is 19.2 Å². The van der Waals surface area contributed by atoms with Crippen molar-refractivity contribution < 1.29 is 81.7 Å². The van der Waals surface area contributed by atoms with Crippen molar-refractivity contribution in [3.63, 3.8) is 0 Å². The van der Waals surface area contributed by atoms with E-state index in [1.165, 1.54) is 34.8 Å². The predicted octanol–water partition coefficient (Wildman–Crippen LogP) is 3.15. The highest BCUT2D eigenvalue weighted by Gasteiger charge is 2.56. The highest BCUT2D eigenvalue weighted by molar-refractivity contribution is 5.81. The van der Waals surface area contributed by atoms with Gasteiger partial charge in [-0.15, -0.1) is 0 Å². The first-order chi connectivity index (χ1) is 30.0. The van der Waals surface area contributed by atoms with Gasteiger partial charge < -0.3 is 67.9 Å². The van der Waals surface area contributed by atoms with Crippen molar-refractivity contribution in [1.82, 2.24) is 10.2 Å². The molecule has 3 N–H and O–H groups in total. The first-order valence-electron chi connectivity index (χ1n) is 22.5. The molecule has 1 amide bonds. The number of amides is 1. The highest BCUT2D eigenvalue weighted by Crippen LogP contribution is 2.44.